The van der Waals surface area contributed by atoms with E-state index in [0.29, 0.717) is 16.5 Å². The van der Waals surface area contributed by atoms with Crippen LogP contribution in [0.4, 0.5) is 0 Å². The Morgan fingerprint density at radius 3 is 2.81 bits per heavy atom. The van der Waals surface area contributed by atoms with Crippen molar-refractivity contribution in [3.8, 4) is 11.8 Å². The first kappa shape index (κ1) is 12.5. The number of nitriles is 1. The first-order valence-electron chi connectivity index (χ1n) is 4.63. The summed E-state index contributed by atoms with van der Waals surface area (Å²) in [5, 5.41) is 18.8. The van der Waals surface area contributed by atoms with Gasteiger partial charge in [-0.15, -0.1) is 0 Å². The number of alkyl halides is 1. The fraction of sp³-hybridized carbons (Fsp3) is 0.273. The SMILES string of the molecule is CCOC(=O)c1cc(CBr)c(C#N)cc1O. The molecule has 0 spiro atoms. The summed E-state index contributed by atoms with van der Waals surface area (Å²) >= 11 is 3.21. The molecule has 0 aliphatic rings. The molecule has 0 saturated carbocycles. The molecule has 0 aliphatic carbocycles. The number of nitrogens with zero attached hydrogens (tertiary/aromatic N) is 1. The van der Waals surface area contributed by atoms with Gasteiger partial charge < -0.3 is 9.84 Å². The van der Waals surface area contributed by atoms with Crippen LogP contribution in [0.1, 0.15) is 28.4 Å². The quantitative estimate of drug-likeness (QED) is 0.683. The summed E-state index contributed by atoms with van der Waals surface area (Å²) in [5.41, 5.74) is 1.06. The van der Waals surface area contributed by atoms with Crippen molar-refractivity contribution in [1.82, 2.24) is 0 Å². The minimum absolute atomic E-state index is 0.0790. The van der Waals surface area contributed by atoms with Gasteiger partial charge in [0, 0.05) is 5.33 Å². The van der Waals surface area contributed by atoms with Crippen molar-refractivity contribution in [1.29, 1.82) is 5.26 Å². The lowest BCUT2D eigenvalue weighted by Crippen LogP contribution is -2.06. The summed E-state index contributed by atoms with van der Waals surface area (Å²) in [4.78, 5) is 11.5. The molecular weight excluding hydrogens is 274 g/mol. The summed E-state index contributed by atoms with van der Waals surface area (Å²) in [5.74, 6) is -0.827. The minimum Gasteiger partial charge on any atom is -0.507 e. The average Bonchev–Trinajstić information content (AvgIpc) is 2.28. The molecule has 0 radical (unpaired) electrons. The number of phenols is 1. The highest BCUT2D eigenvalue weighted by molar-refractivity contribution is 9.08. The van der Waals surface area contributed by atoms with Crippen molar-refractivity contribution >= 4 is 21.9 Å². The second-order valence-electron chi connectivity index (χ2n) is 2.99. The standard InChI is InChI=1S/C11H10BrNO3/c1-2-16-11(15)9-3-7(5-12)8(6-13)4-10(9)14/h3-4,14H,2,5H2,1H3. The Kier molecular flexibility index (Phi) is 4.32. The lowest BCUT2D eigenvalue weighted by Gasteiger charge is -2.07. The highest BCUT2D eigenvalue weighted by Gasteiger charge is 2.15. The number of ether oxygens (including phenoxy) is 1. The predicted octanol–water partition coefficient (Wildman–Crippen LogP) is 2.34. The molecule has 0 aromatic heterocycles. The van der Waals surface area contributed by atoms with Gasteiger partial charge in [0.05, 0.1) is 18.2 Å². The van der Waals surface area contributed by atoms with E-state index in [1.165, 1.54) is 12.1 Å². The number of aromatic hydroxyl groups is 1. The molecular formula is C11H10BrNO3. The molecule has 1 N–H and O–H groups in total. The van der Waals surface area contributed by atoms with Crippen LogP contribution in [0.25, 0.3) is 0 Å². The van der Waals surface area contributed by atoms with E-state index in [1.807, 2.05) is 6.07 Å². The molecule has 0 saturated heterocycles. The molecule has 4 nitrogen and oxygen atoms in total. The van der Waals surface area contributed by atoms with Crippen LogP contribution in [0.2, 0.25) is 0 Å². The number of carbonyl (C=O) groups excluding carboxylic acids is 1. The molecule has 1 aromatic rings. The van der Waals surface area contributed by atoms with Crippen LogP contribution >= 0.6 is 15.9 Å². The van der Waals surface area contributed by atoms with Crippen LogP contribution in [-0.2, 0) is 10.1 Å². The zero-order valence-corrected chi connectivity index (χ0v) is 10.2. The first-order chi connectivity index (χ1) is 7.63. The molecule has 1 aromatic carbocycles. The normalized spacial score (nSPS) is 9.56. The number of esters is 1. The molecule has 0 bridgehead atoms. The van der Waals surface area contributed by atoms with Gasteiger partial charge in [0.15, 0.2) is 0 Å². The zero-order chi connectivity index (χ0) is 12.1. The van der Waals surface area contributed by atoms with Gasteiger partial charge in [-0.3, -0.25) is 0 Å². The highest BCUT2D eigenvalue weighted by Crippen LogP contribution is 2.24. The van der Waals surface area contributed by atoms with Crippen LogP contribution in [0.3, 0.4) is 0 Å². The van der Waals surface area contributed by atoms with Crippen molar-refractivity contribution < 1.29 is 14.6 Å². The Hall–Kier alpha value is -1.54. The molecule has 0 atom stereocenters. The van der Waals surface area contributed by atoms with Crippen LogP contribution in [-0.4, -0.2) is 17.7 Å². The van der Waals surface area contributed by atoms with Crippen molar-refractivity contribution in [2.24, 2.45) is 0 Å². The van der Waals surface area contributed by atoms with E-state index in [-0.39, 0.29) is 17.9 Å². The van der Waals surface area contributed by atoms with Crippen LogP contribution in [0.15, 0.2) is 12.1 Å². The van der Waals surface area contributed by atoms with Gasteiger partial charge in [-0.25, -0.2) is 4.79 Å². The number of benzene rings is 1. The molecule has 0 fully saturated rings. The molecule has 0 aliphatic heterocycles. The van der Waals surface area contributed by atoms with Crippen LogP contribution in [0, 0.1) is 11.3 Å². The number of halogens is 1. The van der Waals surface area contributed by atoms with E-state index >= 15 is 0 Å². The maximum absolute atomic E-state index is 11.5. The Bertz CT molecular complexity index is 451. The van der Waals surface area contributed by atoms with Crippen LogP contribution in [0.5, 0.6) is 5.75 Å². The first-order valence-corrected chi connectivity index (χ1v) is 5.75. The Morgan fingerprint density at radius 1 is 1.62 bits per heavy atom. The summed E-state index contributed by atoms with van der Waals surface area (Å²) < 4.78 is 4.78. The van der Waals surface area contributed by atoms with E-state index in [9.17, 15) is 9.90 Å². The van der Waals surface area contributed by atoms with E-state index in [1.54, 1.807) is 6.92 Å². The van der Waals surface area contributed by atoms with Crippen molar-refractivity contribution in [3.05, 3.63) is 28.8 Å². The summed E-state index contributed by atoms with van der Waals surface area (Å²) in [6.45, 7) is 1.92. The average molecular weight is 284 g/mol. The molecule has 84 valence electrons. The van der Waals surface area contributed by atoms with Gasteiger partial charge in [0.2, 0.25) is 0 Å². The molecule has 1 rings (SSSR count). The number of hydrogen-bond acceptors (Lipinski definition) is 4. The second kappa shape index (κ2) is 5.52. The minimum atomic E-state index is -0.591. The molecule has 0 amide bonds. The number of carbonyl (C=O) groups is 1. The topological polar surface area (TPSA) is 70.3 Å². The Balaban J connectivity index is 3.22. The zero-order valence-electron chi connectivity index (χ0n) is 8.66. The molecule has 0 heterocycles. The summed E-state index contributed by atoms with van der Waals surface area (Å²) in [6.07, 6.45) is 0. The van der Waals surface area contributed by atoms with E-state index in [0.717, 1.165) is 0 Å². The third-order valence-corrected chi connectivity index (χ3v) is 2.59. The monoisotopic (exact) mass is 283 g/mol. The number of phenolic OH excluding ortho intramolecular Hbond substituents is 1. The summed E-state index contributed by atoms with van der Waals surface area (Å²) in [7, 11) is 0. The van der Waals surface area contributed by atoms with E-state index in [4.69, 9.17) is 10.00 Å². The Labute approximate surface area is 102 Å². The molecule has 5 heteroatoms. The number of hydrogen-bond donors (Lipinski definition) is 1. The highest BCUT2D eigenvalue weighted by atomic mass is 79.9. The maximum Gasteiger partial charge on any atom is 0.341 e. The van der Waals surface area contributed by atoms with Crippen molar-refractivity contribution in [2.45, 2.75) is 12.3 Å². The van der Waals surface area contributed by atoms with E-state index in [2.05, 4.69) is 15.9 Å². The van der Waals surface area contributed by atoms with Gasteiger partial charge in [-0.1, -0.05) is 15.9 Å². The largest absolute Gasteiger partial charge is 0.507 e. The Morgan fingerprint density at radius 2 is 2.31 bits per heavy atom. The van der Waals surface area contributed by atoms with E-state index < -0.39 is 5.97 Å². The third-order valence-electron chi connectivity index (χ3n) is 1.98. The predicted molar refractivity (Wildman–Crippen MR) is 61.4 cm³/mol. The molecule has 16 heavy (non-hydrogen) atoms. The smallest absolute Gasteiger partial charge is 0.341 e. The van der Waals surface area contributed by atoms with Gasteiger partial charge >= 0.3 is 5.97 Å². The fourth-order valence-electron chi connectivity index (χ4n) is 1.22. The van der Waals surface area contributed by atoms with Gasteiger partial charge in [0.25, 0.3) is 0 Å². The second-order valence-corrected chi connectivity index (χ2v) is 3.55. The maximum atomic E-state index is 11.5. The third kappa shape index (κ3) is 2.52. The number of rotatable bonds is 3. The van der Waals surface area contributed by atoms with Gasteiger partial charge in [0.1, 0.15) is 11.3 Å². The van der Waals surface area contributed by atoms with Gasteiger partial charge in [-0.05, 0) is 24.6 Å². The van der Waals surface area contributed by atoms with Gasteiger partial charge in [-0.2, -0.15) is 5.26 Å². The molecule has 0 unspecified atom stereocenters. The van der Waals surface area contributed by atoms with Crippen molar-refractivity contribution in [2.75, 3.05) is 6.61 Å². The summed E-state index contributed by atoms with van der Waals surface area (Å²) in [6, 6.07) is 4.67. The van der Waals surface area contributed by atoms with Crippen molar-refractivity contribution in [3.63, 3.8) is 0 Å². The lowest BCUT2D eigenvalue weighted by atomic mass is 10.0. The lowest BCUT2D eigenvalue weighted by molar-refractivity contribution is 0.0523. The van der Waals surface area contributed by atoms with Crippen LogP contribution < -0.4 is 0 Å². The fourth-order valence-corrected chi connectivity index (χ4v) is 1.68.